The molecule has 3 nitrogen and oxygen atoms in total. The van der Waals surface area contributed by atoms with Crippen LogP contribution in [0.1, 0.15) is 31.2 Å². The fourth-order valence-corrected chi connectivity index (χ4v) is 3.01. The molecule has 3 rings (SSSR count). The smallest absolute Gasteiger partial charge is 0.252 e. The first-order valence-corrected chi connectivity index (χ1v) is 7.70. The van der Waals surface area contributed by atoms with Gasteiger partial charge in [-0.2, -0.15) is 0 Å². The van der Waals surface area contributed by atoms with Crippen molar-refractivity contribution in [3.05, 3.63) is 34.3 Å². The van der Waals surface area contributed by atoms with Crippen molar-refractivity contribution in [1.82, 2.24) is 4.90 Å². The van der Waals surface area contributed by atoms with Crippen molar-refractivity contribution < 1.29 is 9.53 Å². The quantitative estimate of drug-likeness (QED) is 0.852. The molecule has 1 aliphatic heterocycles. The van der Waals surface area contributed by atoms with Crippen molar-refractivity contribution in [3.63, 3.8) is 0 Å². The maximum atomic E-state index is 12.5. The van der Waals surface area contributed by atoms with Gasteiger partial charge in [-0.25, -0.2) is 0 Å². The van der Waals surface area contributed by atoms with Gasteiger partial charge in [0.1, 0.15) is 6.10 Å². The molecule has 1 aromatic carbocycles. The van der Waals surface area contributed by atoms with Gasteiger partial charge >= 0.3 is 0 Å². The summed E-state index contributed by atoms with van der Waals surface area (Å²) in [5.41, 5.74) is 1.17. The number of nitrogens with zero attached hydrogens (tertiary/aromatic N) is 1. The summed E-state index contributed by atoms with van der Waals surface area (Å²) in [5, 5.41) is 0. The van der Waals surface area contributed by atoms with Gasteiger partial charge in [-0.3, -0.25) is 4.79 Å². The predicted octanol–water partition coefficient (Wildman–Crippen LogP) is 3.12. The Morgan fingerprint density at radius 3 is 2.84 bits per heavy atom. The van der Waals surface area contributed by atoms with E-state index in [0.29, 0.717) is 12.6 Å². The first kappa shape index (κ1) is 13.1. The lowest BCUT2D eigenvalue weighted by Crippen LogP contribution is -2.39. The third-order valence-corrected chi connectivity index (χ3v) is 4.21. The molecule has 4 heteroatoms. The minimum absolute atomic E-state index is 0.181. The van der Waals surface area contributed by atoms with E-state index >= 15 is 0 Å². The molecule has 0 N–H and O–H groups in total. The summed E-state index contributed by atoms with van der Waals surface area (Å²) >= 11 is 3.48. The van der Waals surface area contributed by atoms with Gasteiger partial charge in [0.25, 0.3) is 5.91 Å². The number of rotatable bonds is 4. The van der Waals surface area contributed by atoms with Crippen LogP contribution in [-0.4, -0.2) is 29.6 Å². The average molecular weight is 324 g/mol. The molecule has 0 radical (unpaired) electrons. The molecule has 1 aromatic rings. The maximum Gasteiger partial charge on any atom is 0.252 e. The van der Waals surface area contributed by atoms with Gasteiger partial charge in [-0.05, 0) is 43.4 Å². The number of hydrogen-bond donors (Lipinski definition) is 0. The van der Waals surface area contributed by atoms with Gasteiger partial charge < -0.3 is 9.64 Å². The highest BCUT2D eigenvalue weighted by atomic mass is 79.9. The molecule has 1 aliphatic carbocycles. The zero-order chi connectivity index (χ0) is 13.2. The van der Waals surface area contributed by atoms with Crippen LogP contribution in [0.4, 0.5) is 0 Å². The zero-order valence-electron chi connectivity index (χ0n) is 10.8. The molecule has 2 fully saturated rings. The lowest BCUT2D eigenvalue weighted by atomic mass is 10.1. The number of benzene rings is 1. The van der Waals surface area contributed by atoms with E-state index in [9.17, 15) is 4.79 Å². The molecule has 0 aromatic heterocycles. The number of carbonyl (C=O) groups is 1. The zero-order valence-corrected chi connectivity index (χ0v) is 12.4. The number of amides is 1. The first-order valence-electron chi connectivity index (χ1n) is 6.90. The first-order chi connectivity index (χ1) is 9.24. The fraction of sp³-hybridized carbons (Fsp3) is 0.533. The third-order valence-electron chi connectivity index (χ3n) is 3.72. The number of halogens is 1. The second kappa shape index (κ2) is 5.63. The standard InChI is InChI=1S/C15H18BrNO2/c16-12-4-1-3-11(9-12)10-17(13-6-7-13)15(18)14-5-2-8-19-14/h1,3-4,9,13-14H,2,5-8,10H2. The Balaban J connectivity index is 1.72. The molecule has 1 heterocycles. The van der Waals surface area contributed by atoms with Crippen molar-refractivity contribution in [1.29, 1.82) is 0 Å². The molecule has 1 atom stereocenters. The SMILES string of the molecule is O=C(C1CCCO1)N(Cc1cccc(Br)c1)C1CC1. The van der Waals surface area contributed by atoms with E-state index in [1.165, 1.54) is 5.56 Å². The van der Waals surface area contributed by atoms with Crippen LogP contribution in [0.3, 0.4) is 0 Å². The van der Waals surface area contributed by atoms with Crippen molar-refractivity contribution in [2.75, 3.05) is 6.61 Å². The minimum atomic E-state index is -0.201. The van der Waals surface area contributed by atoms with Crippen molar-refractivity contribution in [2.45, 2.75) is 44.4 Å². The van der Waals surface area contributed by atoms with Crippen LogP contribution in [0.15, 0.2) is 28.7 Å². The highest BCUT2D eigenvalue weighted by molar-refractivity contribution is 9.10. The minimum Gasteiger partial charge on any atom is -0.368 e. The Morgan fingerprint density at radius 2 is 2.21 bits per heavy atom. The van der Waals surface area contributed by atoms with Gasteiger partial charge in [-0.15, -0.1) is 0 Å². The van der Waals surface area contributed by atoms with Gasteiger partial charge in [0, 0.05) is 23.7 Å². The monoisotopic (exact) mass is 323 g/mol. The highest BCUT2D eigenvalue weighted by Gasteiger charge is 2.37. The Hall–Kier alpha value is -0.870. The largest absolute Gasteiger partial charge is 0.368 e. The van der Waals surface area contributed by atoms with Crippen LogP contribution in [0.2, 0.25) is 0 Å². The number of carbonyl (C=O) groups excluding carboxylic acids is 1. The molecule has 0 spiro atoms. The van der Waals surface area contributed by atoms with E-state index < -0.39 is 0 Å². The maximum absolute atomic E-state index is 12.5. The van der Waals surface area contributed by atoms with Crippen molar-refractivity contribution >= 4 is 21.8 Å². The molecule has 1 amide bonds. The summed E-state index contributed by atoms with van der Waals surface area (Å²) in [4.78, 5) is 14.5. The topological polar surface area (TPSA) is 29.5 Å². The fourth-order valence-electron chi connectivity index (χ4n) is 2.56. The lowest BCUT2D eigenvalue weighted by molar-refractivity contribution is -0.142. The van der Waals surface area contributed by atoms with Gasteiger partial charge in [0.2, 0.25) is 0 Å². The van der Waals surface area contributed by atoms with Gasteiger partial charge in [0.15, 0.2) is 0 Å². The normalized spacial score (nSPS) is 22.5. The van der Waals surface area contributed by atoms with Crippen LogP contribution in [-0.2, 0) is 16.1 Å². The van der Waals surface area contributed by atoms with E-state index in [1.54, 1.807) is 0 Å². The highest BCUT2D eigenvalue weighted by Crippen LogP contribution is 2.31. The van der Waals surface area contributed by atoms with Crippen LogP contribution in [0.25, 0.3) is 0 Å². The van der Waals surface area contributed by atoms with E-state index in [0.717, 1.165) is 36.8 Å². The van der Waals surface area contributed by atoms with Gasteiger partial charge in [0.05, 0.1) is 0 Å². The predicted molar refractivity (Wildman–Crippen MR) is 76.7 cm³/mol. The summed E-state index contributed by atoms with van der Waals surface area (Å²) in [6, 6.07) is 8.60. The molecule has 0 bridgehead atoms. The number of hydrogen-bond acceptors (Lipinski definition) is 2. The van der Waals surface area contributed by atoms with Gasteiger partial charge in [-0.1, -0.05) is 28.1 Å². The Labute approximate surface area is 122 Å². The lowest BCUT2D eigenvalue weighted by Gasteiger charge is -2.25. The second-order valence-corrected chi connectivity index (χ2v) is 6.24. The molecule has 1 saturated carbocycles. The third kappa shape index (κ3) is 3.18. The summed E-state index contributed by atoms with van der Waals surface area (Å²) in [5.74, 6) is 0.181. The van der Waals surface area contributed by atoms with E-state index in [4.69, 9.17) is 4.74 Å². The Kier molecular flexibility index (Phi) is 3.89. The molecule has 2 aliphatic rings. The van der Waals surface area contributed by atoms with Crippen LogP contribution >= 0.6 is 15.9 Å². The van der Waals surface area contributed by atoms with E-state index in [1.807, 2.05) is 17.0 Å². The second-order valence-electron chi connectivity index (χ2n) is 5.33. The molecule has 19 heavy (non-hydrogen) atoms. The number of ether oxygens (including phenoxy) is 1. The summed E-state index contributed by atoms with van der Waals surface area (Å²) < 4.78 is 6.60. The average Bonchev–Trinajstić information content (AvgIpc) is 3.09. The van der Waals surface area contributed by atoms with Crippen molar-refractivity contribution in [3.8, 4) is 0 Å². The Morgan fingerprint density at radius 1 is 1.37 bits per heavy atom. The molecule has 1 unspecified atom stereocenters. The Bertz CT molecular complexity index is 467. The van der Waals surface area contributed by atoms with Crippen molar-refractivity contribution in [2.24, 2.45) is 0 Å². The molecular formula is C15H18BrNO2. The van der Waals surface area contributed by atoms with E-state index in [-0.39, 0.29) is 12.0 Å². The van der Waals surface area contributed by atoms with Crippen LogP contribution in [0, 0.1) is 0 Å². The summed E-state index contributed by atoms with van der Waals surface area (Å²) in [6.45, 7) is 1.43. The van der Waals surface area contributed by atoms with E-state index in [2.05, 4.69) is 28.1 Å². The summed E-state index contributed by atoms with van der Waals surface area (Å²) in [7, 11) is 0. The molecule has 102 valence electrons. The molecular weight excluding hydrogens is 306 g/mol. The summed E-state index contributed by atoms with van der Waals surface area (Å²) in [6.07, 6.45) is 3.94. The van der Waals surface area contributed by atoms with Crippen LogP contribution in [0.5, 0.6) is 0 Å². The molecule has 1 saturated heterocycles. The van der Waals surface area contributed by atoms with Crippen LogP contribution < -0.4 is 0 Å².